The van der Waals surface area contributed by atoms with Crippen molar-refractivity contribution in [1.82, 2.24) is 10.2 Å². The van der Waals surface area contributed by atoms with Crippen molar-refractivity contribution in [2.24, 2.45) is 0 Å². The molecule has 0 rings (SSSR count). The van der Waals surface area contributed by atoms with E-state index in [1.54, 1.807) is 0 Å². The average molecular weight is 419 g/mol. The third-order valence-electron chi connectivity index (χ3n) is 5.18. The van der Waals surface area contributed by atoms with Crippen LogP contribution in [0.3, 0.4) is 0 Å². The molecule has 0 spiro atoms. The largest absolute Gasteiger partial charge is 0.310 e. The van der Waals surface area contributed by atoms with Crippen LogP contribution in [-0.4, -0.2) is 37.6 Å². The highest BCUT2D eigenvalue weighted by Crippen LogP contribution is 2.13. The molecule has 0 amide bonds. The van der Waals surface area contributed by atoms with Gasteiger partial charge in [-0.1, -0.05) is 115 Å². The van der Waals surface area contributed by atoms with Crippen molar-refractivity contribution in [2.45, 2.75) is 96.8 Å². The first-order valence-electron chi connectivity index (χ1n) is 12.6. The Morgan fingerprint density at radius 1 is 0.533 bits per heavy atom. The highest BCUT2D eigenvalue weighted by Gasteiger charge is 2.00. The second-order valence-electron chi connectivity index (χ2n) is 8.17. The maximum atomic E-state index is 3.82. The molecule has 0 heterocycles. The molecule has 0 saturated carbocycles. The minimum Gasteiger partial charge on any atom is -0.310 e. The van der Waals surface area contributed by atoms with Gasteiger partial charge in [0.25, 0.3) is 0 Å². The van der Waals surface area contributed by atoms with Crippen LogP contribution in [0.4, 0.5) is 0 Å². The number of hydrogen-bond donors (Lipinski definition) is 1. The molecule has 2 heteroatoms. The van der Waals surface area contributed by atoms with Crippen molar-refractivity contribution >= 4 is 0 Å². The monoisotopic (exact) mass is 418 g/mol. The van der Waals surface area contributed by atoms with Crippen LogP contribution < -0.4 is 5.32 Å². The van der Waals surface area contributed by atoms with Gasteiger partial charge in [0, 0.05) is 26.2 Å². The summed E-state index contributed by atoms with van der Waals surface area (Å²) in [5.74, 6) is 0. The summed E-state index contributed by atoms with van der Waals surface area (Å²) in [6, 6.07) is 0. The van der Waals surface area contributed by atoms with E-state index in [1.165, 1.54) is 96.4 Å². The molecule has 1 N–H and O–H groups in total. The third-order valence-corrected chi connectivity index (χ3v) is 5.18. The van der Waals surface area contributed by atoms with Crippen LogP contribution in [0.15, 0.2) is 50.6 Å². The Kier molecular flexibility index (Phi) is 31.1. The Bertz CT molecular complexity index is 344. The molecule has 0 aromatic carbocycles. The summed E-state index contributed by atoms with van der Waals surface area (Å²) in [4.78, 5) is 2.42. The molecule has 0 aliphatic heterocycles. The first-order valence-corrected chi connectivity index (χ1v) is 12.6. The molecule has 176 valence electrons. The van der Waals surface area contributed by atoms with Crippen LogP contribution in [-0.2, 0) is 0 Å². The number of nitrogens with one attached hydrogen (secondary N) is 1. The lowest BCUT2D eigenvalue weighted by atomic mass is 10.0. The summed E-state index contributed by atoms with van der Waals surface area (Å²) in [6.45, 7) is 21.9. The van der Waals surface area contributed by atoms with Gasteiger partial charge in [0.15, 0.2) is 0 Å². The lowest BCUT2D eigenvalue weighted by molar-refractivity contribution is 0.324. The highest BCUT2D eigenvalue weighted by atomic mass is 15.1. The minimum absolute atomic E-state index is 0.867. The van der Waals surface area contributed by atoms with Crippen molar-refractivity contribution in [3.63, 3.8) is 0 Å². The molecule has 0 bridgehead atoms. The number of rotatable bonds is 23. The Morgan fingerprint density at radius 3 is 1.23 bits per heavy atom. The van der Waals surface area contributed by atoms with E-state index in [1.807, 2.05) is 24.3 Å². The fourth-order valence-electron chi connectivity index (χ4n) is 3.44. The van der Waals surface area contributed by atoms with E-state index in [2.05, 4.69) is 43.5 Å². The molecule has 2 nitrogen and oxygen atoms in total. The van der Waals surface area contributed by atoms with Crippen LogP contribution in [0.5, 0.6) is 0 Å². The third kappa shape index (κ3) is 29.1. The van der Waals surface area contributed by atoms with Gasteiger partial charge in [-0.2, -0.15) is 0 Å². The van der Waals surface area contributed by atoms with E-state index in [9.17, 15) is 0 Å². The number of nitrogens with zero attached hydrogens (tertiary/aromatic N) is 1. The molecule has 0 radical (unpaired) electrons. The molecule has 0 aliphatic carbocycles. The van der Waals surface area contributed by atoms with E-state index in [4.69, 9.17) is 0 Å². The van der Waals surface area contributed by atoms with Gasteiger partial charge in [-0.15, -0.1) is 26.3 Å². The molecule has 0 aromatic rings. The van der Waals surface area contributed by atoms with Gasteiger partial charge in [0.1, 0.15) is 0 Å². The maximum Gasteiger partial charge on any atom is 0.0163 e. The van der Waals surface area contributed by atoms with E-state index in [0.717, 1.165) is 26.2 Å². The molecular weight excluding hydrogens is 364 g/mol. The molecule has 0 saturated heterocycles. The molecule has 0 aromatic heterocycles. The first-order chi connectivity index (χ1) is 14.8. The second kappa shape index (κ2) is 30.1. The summed E-state index contributed by atoms with van der Waals surface area (Å²) in [5, 5.41) is 3.05. The van der Waals surface area contributed by atoms with E-state index < -0.39 is 0 Å². The molecule has 0 unspecified atom stereocenters. The predicted octanol–water partition coefficient (Wildman–Crippen LogP) is 8.09. The van der Waals surface area contributed by atoms with Gasteiger partial charge >= 0.3 is 0 Å². The number of unbranched alkanes of at least 4 members (excludes halogenated alkanes) is 13. The fourth-order valence-corrected chi connectivity index (χ4v) is 3.44. The lowest BCUT2D eigenvalue weighted by Gasteiger charge is -2.18. The molecule has 0 atom stereocenters. The summed E-state index contributed by atoms with van der Waals surface area (Å²) in [6.07, 6.45) is 27.6. The number of hydrogen-bond acceptors (Lipinski definition) is 2. The second-order valence-corrected chi connectivity index (χ2v) is 8.17. The summed E-state index contributed by atoms with van der Waals surface area (Å²) in [7, 11) is 0. The quantitative estimate of drug-likeness (QED) is 0.133. The van der Waals surface area contributed by atoms with Crippen molar-refractivity contribution in [3.8, 4) is 0 Å². The predicted molar refractivity (Wildman–Crippen MR) is 140 cm³/mol. The minimum atomic E-state index is 0.867. The van der Waals surface area contributed by atoms with Crippen molar-refractivity contribution in [1.29, 1.82) is 0 Å². The standard InChI is InChI=1S/C22H43N.C6H11N/c1-4-7-8-9-10-11-12-13-14-15-16-17-18-19-22-23(20-5-2)21-6-3;1-3-5-7-6-4-2/h5-6H,2-4,7-22H2,1H3;3-4,7H,1-2,5-6H2. The normalized spacial score (nSPS) is 10.3. The van der Waals surface area contributed by atoms with Crippen molar-refractivity contribution < 1.29 is 0 Å². The Morgan fingerprint density at radius 2 is 0.900 bits per heavy atom. The summed E-state index contributed by atoms with van der Waals surface area (Å²) >= 11 is 0. The van der Waals surface area contributed by atoms with Crippen LogP contribution in [0.25, 0.3) is 0 Å². The maximum absolute atomic E-state index is 3.82. The summed E-state index contributed by atoms with van der Waals surface area (Å²) in [5.41, 5.74) is 0. The Hall–Kier alpha value is -1.12. The van der Waals surface area contributed by atoms with Crippen LogP contribution in [0, 0.1) is 0 Å². The van der Waals surface area contributed by atoms with Gasteiger partial charge < -0.3 is 5.32 Å². The fraction of sp³-hybridized carbons (Fsp3) is 0.714. The molecule has 0 fully saturated rings. The zero-order valence-corrected chi connectivity index (χ0v) is 20.5. The van der Waals surface area contributed by atoms with E-state index in [0.29, 0.717) is 0 Å². The Labute approximate surface area is 190 Å². The van der Waals surface area contributed by atoms with Gasteiger partial charge in [0.2, 0.25) is 0 Å². The van der Waals surface area contributed by atoms with E-state index in [-0.39, 0.29) is 0 Å². The topological polar surface area (TPSA) is 15.3 Å². The smallest absolute Gasteiger partial charge is 0.0163 e. The molecular formula is C28H54N2. The van der Waals surface area contributed by atoms with Gasteiger partial charge in [0.05, 0.1) is 0 Å². The van der Waals surface area contributed by atoms with Crippen molar-refractivity contribution in [3.05, 3.63) is 50.6 Å². The average Bonchev–Trinajstić information content (AvgIpc) is 2.75. The highest BCUT2D eigenvalue weighted by molar-refractivity contribution is 4.79. The lowest BCUT2D eigenvalue weighted by Crippen LogP contribution is -2.24. The molecule has 30 heavy (non-hydrogen) atoms. The summed E-state index contributed by atoms with van der Waals surface area (Å²) < 4.78 is 0. The van der Waals surface area contributed by atoms with Crippen molar-refractivity contribution in [2.75, 3.05) is 32.7 Å². The van der Waals surface area contributed by atoms with Crippen LogP contribution in [0.1, 0.15) is 96.8 Å². The van der Waals surface area contributed by atoms with Crippen LogP contribution in [0.2, 0.25) is 0 Å². The van der Waals surface area contributed by atoms with Gasteiger partial charge in [-0.05, 0) is 13.0 Å². The zero-order valence-electron chi connectivity index (χ0n) is 20.5. The SMILES string of the molecule is C=CCN(CC=C)CCCCCCCCCCCCCCCC.C=CCNCC=C. The van der Waals surface area contributed by atoms with Crippen LogP contribution >= 0.6 is 0 Å². The van der Waals surface area contributed by atoms with E-state index >= 15 is 0 Å². The first kappa shape index (κ1) is 31.1. The molecule has 0 aliphatic rings. The zero-order chi connectivity index (χ0) is 22.5. The Balaban J connectivity index is 0. The van der Waals surface area contributed by atoms with Gasteiger partial charge in [-0.25, -0.2) is 0 Å². The van der Waals surface area contributed by atoms with Gasteiger partial charge in [-0.3, -0.25) is 4.90 Å².